The van der Waals surface area contributed by atoms with E-state index in [2.05, 4.69) is 26.3 Å². The number of carbonyl (C=O) groups is 6. The molecular weight excluding hydrogens is 700 g/mol. The smallest absolute Gasteiger partial charge is 0.246 e. The minimum Gasteiger partial charge on any atom is -0.508 e. The maximum absolute atomic E-state index is 13.7. The van der Waals surface area contributed by atoms with Crippen molar-refractivity contribution >= 4 is 41.4 Å². The summed E-state index contributed by atoms with van der Waals surface area (Å²) in [6.07, 6.45) is 1.37. The Morgan fingerprint density at radius 3 is 1.98 bits per heavy atom. The number of rotatable bonds is 19. The number of nitrogens with one attached hydrogen (secondary N) is 4. The van der Waals surface area contributed by atoms with Crippen molar-refractivity contribution in [2.24, 2.45) is 33.8 Å². The summed E-state index contributed by atoms with van der Waals surface area (Å²) in [5, 5.41) is 29.5. The zero-order chi connectivity index (χ0) is 39.9. The molecule has 0 aliphatic carbocycles. The summed E-state index contributed by atoms with van der Waals surface area (Å²) >= 11 is 0. The fraction of sp³-hybridized carbons (Fsp3) is 0.472. The predicted octanol–water partition coefficient (Wildman–Crippen LogP) is -2.03. The average molecular weight is 753 g/mol. The van der Waals surface area contributed by atoms with Gasteiger partial charge in [-0.2, -0.15) is 0 Å². The second-order valence-corrected chi connectivity index (χ2v) is 13.5. The molecule has 2 aromatic carbocycles. The molecule has 1 aliphatic heterocycles. The first kappa shape index (κ1) is 42.5. The zero-order valence-electron chi connectivity index (χ0n) is 30.5. The molecule has 6 amide bonds. The molecule has 0 unspecified atom stereocenters. The quantitative estimate of drug-likeness (QED) is 0.0424. The standard InChI is InChI=1S/C36H52N10O8/c1-20(2)30(45-32(51)25(37)17-21-7-11-23(47)12-8-21)35(54)46-16-4-6-28(46)34(53)42-19-29(49)43-26(5-3-15-41-36(39)40)33(52)44-27(31(38)50)18-22-9-13-24(48)14-10-22/h7-14,20,25-28,30,47-48H,3-6,15-19,37H2,1-2H3,(H2,38,50)(H,42,53)(H,43,49)(H,44,52)(H,45,51)(H4,39,40,41)/t25-,26-,27-,28-,30-/m0/s1. The van der Waals surface area contributed by atoms with E-state index >= 15 is 0 Å². The molecule has 1 heterocycles. The lowest BCUT2D eigenvalue weighted by Crippen LogP contribution is -2.58. The second kappa shape index (κ2) is 20.4. The Hall–Kier alpha value is -5.91. The van der Waals surface area contributed by atoms with Crippen molar-refractivity contribution in [3.63, 3.8) is 0 Å². The fourth-order valence-corrected chi connectivity index (χ4v) is 5.90. The number of hydrogen-bond donors (Lipinski definition) is 10. The van der Waals surface area contributed by atoms with Gasteiger partial charge < -0.3 is 59.3 Å². The Bertz CT molecular complexity index is 1650. The molecule has 1 aliphatic rings. The van der Waals surface area contributed by atoms with Crippen LogP contribution in [0, 0.1) is 5.92 Å². The molecule has 2 aromatic rings. The lowest BCUT2D eigenvalue weighted by molar-refractivity contribution is -0.142. The van der Waals surface area contributed by atoms with Crippen LogP contribution >= 0.6 is 0 Å². The van der Waals surface area contributed by atoms with Gasteiger partial charge in [0.2, 0.25) is 35.4 Å². The molecule has 1 saturated heterocycles. The van der Waals surface area contributed by atoms with E-state index in [1.54, 1.807) is 38.1 Å². The molecule has 54 heavy (non-hydrogen) atoms. The van der Waals surface area contributed by atoms with Crippen LogP contribution in [0.15, 0.2) is 53.5 Å². The van der Waals surface area contributed by atoms with E-state index in [-0.39, 0.29) is 62.1 Å². The Morgan fingerprint density at radius 2 is 1.43 bits per heavy atom. The number of hydrogen-bond acceptors (Lipinski definition) is 10. The second-order valence-electron chi connectivity index (χ2n) is 13.5. The minimum atomic E-state index is -1.16. The van der Waals surface area contributed by atoms with Gasteiger partial charge in [-0.25, -0.2) is 0 Å². The number of nitrogens with two attached hydrogens (primary N) is 4. The van der Waals surface area contributed by atoms with Gasteiger partial charge in [-0.1, -0.05) is 38.1 Å². The molecule has 294 valence electrons. The van der Waals surface area contributed by atoms with Gasteiger partial charge in [-0.15, -0.1) is 0 Å². The maximum Gasteiger partial charge on any atom is 0.246 e. The molecule has 0 saturated carbocycles. The number of carbonyl (C=O) groups excluding carboxylic acids is 6. The van der Waals surface area contributed by atoms with E-state index in [4.69, 9.17) is 22.9 Å². The van der Waals surface area contributed by atoms with Gasteiger partial charge >= 0.3 is 0 Å². The first-order chi connectivity index (χ1) is 25.5. The third-order valence-corrected chi connectivity index (χ3v) is 8.85. The van der Waals surface area contributed by atoms with E-state index in [1.165, 1.54) is 29.2 Å². The first-order valence-corrected chi connectivity index (χ1v) is 17.7. The number of nitrogens with zero attached hydrogens (tertiary/aromatic N) is 2. The van der Waals surface area contributed by atoms with Gasteiger partial charge in [0.15, 0.2) is 5.96 Å². The number of phenolic OH excluding ortho intramolecular Hbond substituents is 2. The Labute approximate surface area is 313 Å². The summed E-state index contributed by atoms with van der Waals surface area (Å²) in [7, 11) is 0. The Kier molecular flexibility index (Phi) is 16.0. The summed E-state index contributed by atoms with van der Waals surface area (Å²) in [6, 6.07) is 7.09. The highest BCUT2D eigenvalue weighted by Gasteiger charge is 2.39. The lowest BCUT2D eigenvalue weighted by Gasteiger charge is -2.31. The topological polar surface area (TPSA) is 311 Å². The number of amides is 6. The monoisotopic (exact) mass is 752 g/mol. The van der Waals surface area contributed by atoms with E-state index in [1.807, 2.05) is 0 Å². The third kappa shape index (κ3) is 13.3. The Balaban J connectivity index is 1.62. The highest BCUT2D eigenvalue weighted by molar-refractivity contribution is 5.96. The van der Waals surface area contributed by atoms with Crippen molar-refractivity contribution < 1.29 is 39.0 Å². The summed E-state index contributed by atoms with van der Waals surface area (Å²) in [5.74, 6) is -4.25. The van der Waals surface area contributed by atoms with Crippen molar-refractivity contribution in [2.75, 3.05) is 19.6 Å². The largest absolute Gasteiger partial charge is 0.508 e. The van der Waals surface area contributed by atoms with Crippen LogP contribution in [-0.4, -0.2) is 106 Å². The van der Waals surface area contributed by atoms with Gasteiger partial charge in [0.05, 0.1) is 12.6 Å². The van der Waals surface area contributed by atoms with Crippen LogP contribution in [0.5, 0.6) is 11.5 Å². The highest BCUT2D eigenvalue weighted by atomic mass is 16.3. The van der Waals surface area contributed by atoms with Gasteiger partial charge in [0, 0.05) is 19.5 Å². The van der Waals surface area contributed by atoms with Gasteiger partial charge in [-0.3, -0.25) is 33.8 Å². The molecule has 0 spiro atoms. The van der Waals surface area contributed by atoms with Crippen molar-refractivity contribution in [3.05, 3.63) is 59.7 Å². The van der Waals surface area contributed by atoms with Crippen LogP contribution in [0.4, 0.5) is 0 Å². The predicted molar refractivity (Wildman–Crippen MR) is 199 cm³/mol. The lowest BCUT2D eigenvalue weighted by atomic mass is 10.0. The summed E-state index contributed by atoms with van der Waals surface area (Å²) in [5.41, 5.74) is 23.8. The van der Waals surface area contributed by atoms with Gasteiger partial charge in [0.1, 0.15) is 35.7 Å². The fourth-order valence-electron chi connectivity index (χ4n) is 5.90. The molecule has 14 N–H and O–H groups in total. The van der Waals surface area contributed by atoms with Crippen molar-refractivity contribution in [2.45, 2.75) is 82.6 Å². The number of primary amides is 1. The number of aromatic hydroxyl groups is 2. The van der Waals surface area contributed by atoms with Gasteiger partial charge in [-0.05, 0) is 73.4 Å². The number of benzene rings is 2. The van der Waals surface area contributed by atoms with Crippen LogP contribution in [-0.2, 0) is 41.6 Å². The molecule has 0 radical (unpaired) electrons. The van der Waals surface area contributed by atoms with E-state index in [0.29, 0.717) is 18.4 Å². The number of phenols is 2. The Morgan fingerprint density at radius 1 is 0.833 bits per heavy atom. The molecule has 18 nitrogen and oxygen atoms in total. The SMILES string of the molecule is CC(C)[C@H](NC(=O)[C@@H](N)Cc1ccc(O)cc1)C(=O)N1CCC[C@H]1C(=O)NCC(=O)N[C@@H](CCCN=C(N)N)C(=O)N[C@@H](Cc1ccc(O)cc1)C(N)=O. The number of likely N-dealkylation sites (tertiary alicyclic amines) is 1. The molecule has 0 aromatic heterocycles. The van der Waals surface area contributed by atoms with Crippen molar-refractivity contribution in [3.8, 4) is 11.5 Å². The summed E-state index contributed by atoms with van der Waals surface area (Å²) < 4.78 is 0. The summed E-state index contributed by atoms with van der Waals surface area (Å²) in [4.78, 5) is 83.9. The number of guanidine groups is 1. The zero-order valence-corrected chi connectivity index (χ0v) is 30.5. The molecule has 18 heteroatoms. The molecule has 5 atom stereocenters. The van der Waals surface area contributed by atoms with Crippen LogP contribution in [0.25, 0.3) is 0 Å². The van der Waals surface area contributed by atoms with Crippen LogP contribution in [0.2, 0.25) is 0 Å². The minimum absolute atomic E-state index is 0.0222. The van der Waals surface area contributed by atoms with Crippen LogP contribution in [0.3, 0.4) is 0 Å². The third-order valence-electron chi connectivity index (χ3n) is 8.85. The molecular formula is C36H52N10O8. The normalized spacial score (nSPS) is 16.0. The van der Waals surface area contributed by atoms with Crippen LogP contribution < -0.4 is 44.2 Å². The van der Waals surface area contributed by atoms with Gasteiger partial charge in [0.25, 0.3) is 0 Å². The molecule has 0 bridgehead atoms. The summed E-state index contributed by atoms with van der Waals surface area (Å²) in [6.45, 7) is 3.39. The number of aliphatic imine (C=N–C) groups is 1. The average Bonchev–Trinajstić information content (AvgIpc) is 3.62. The first-order valence-electron chi connectivity index (χ1n) is 17.7. The van der Waals surface area contributed by atoms with Crippen molar-refractivity contribution in [1.82, 2.24) is 26.2 Å². The molecule has 3 rings (SSSR count). The van der Waals surface area contributed by atoms with Crippen molar-refractivity contribution in [1.29, 1.82) is 0 Å². The van der Waals surface area contributed by atoms with E-state index < -0.39 is 72.2 Å². The maximum atomic E-state index is 13.7. The highest BCUT2D eigenvalue weighted by Crippen LogP contribution is 2.21. The molecule has 1 fully saturated rings. The van der Waals surface area contributed by atoms with E-state index in [0.717, 1.165) is 5.56 Å². The van der Waals surface area contributed by atoms with Crippen LogP contribution in [0.1, 0.15) is 50.7 Å². The van der Waals surface area contributed by atoms with E-state index in [9.17, 15) is 39.0 Å².